The van der Waals surface area contributed by atoms with Crippen LogP contribution in [0.15, 0.2) is 72.9 Å². The van der Waals surface area contributed by atoms with Gasteiger partial charge < -0.3 is 14.2 Å². The van der Waals surface area contributed by atoms with Gasteiger partial charge >= 0.3 is 11.9 Å². The summed E-state index contributed by atoms with van der Waals surface area (Å²) in [6.07, 6.45) is 76.6. The number of unbranched alkanes of at least 4 members (excludes halogenated alkanes) is 31. The monoisotopic (exact) mass is 949 g/mol. The fourth-order valence-corrected chi connectivity index (χ4v) is 8.34. The molecule has 68 heavy (non-hydrogen) atoms. The molecule has 0 spiro atoms. The van der Waals surface area contributed by atoms with E-state index in [1.165, 1.54) is 199 Å². The summed E-state index contributed by atoms with van der Waals surface area (Å²) < 4.78 is 17.4. The van der Waals surface area contributed by atoms with Crippen molar-refractivity contribution in [3.05, 3.63) is 72.9 Å². The van der Waals surface area contributed by atoms with E-state index in [4.69, 9.17) is 14.2 Å². The summed E-state index contributed by atoms with van der Waals surface area (Å²) in [5.41, 5.74) is 0. The van der Waals surface area contributed by atoms with Crippen LogP contribution in [0.5, 0.6) is 0 Å². The first-order chi connectivity index (χ1) is 33.6. The Morgan fingerprint density at radius 1 is 0.338 bits per heavy atom. The fraction of sp³-hybridized carbons (Fsp3) is 0.778. The molecule has 0 aromatic carbocycles. The zero-order valence-corrected chi connectivity index (χ0v) is 45.4. The molecule has 0 fully saturated rings. The number of carbonyl (C=O) groups is 2. The van der Waals surface area contributed by atoms with E-state index in [0.717, 1.165) is 51.4 Å². The van der Waals surface area contributed by atoms with Gasteiger partial charge in [-0.05, 0) is 96.3 Å². The molecule has 0 rings (SSSR count). The van der Waals surface area contributed by atoms with Crippen LogP contribution < -0.4 is 0 Å². The highest BCUT2D eigenvalue weighted by molar-refractivity contribution is 5.70. The van der Waals surface area contributed by atoms with E-state index in [0.29, 0.717) is 25.9 Å². The van der Waals surface area contributed by atoms with E-state index in [-0.39, 0.29) is 25.2 Å². The van der Waals surface area contributed by atoms with E-state index in [1.807, 2.05) is 6.08 Å². The maximum atomic E-state index is 12.8. The molecule has 5 heteroatoms. The first-order valence-electron chi connectivity index (χ1n) is 29.5. The Labute approximate surface area is 423 Å². The molecule has 0 bridgehead atoms. The fourth-order valence-electron chi connectivity index (χ4n) is 8.34. The Morgan fingerprint density at radius 3 is 1.12 bits per heavy atom. The van der Waals surface area contributed by atoms with Gasteiger partial charge in [0.15, 0.2) is 6.10 Å². The molecule has 0 aromatic heterocycles. The number of ether oxygens (including phenoxy) is 3. The van der Waals surface area contributed by atoms with Crippen LogP contribution in [0.2, 0.25) is 0 Å². The van der Waals surface area contributed by atoms with Gasteiger partial charge in [0.2, 0.25) is 0 Å². The van der Waals surface area contributed by atoms with E-state index in [2.05, 4.69) is 87.6 Å². The van der Waals surface area contributed by atoms with Crippen LogP contribution in [0.1, 0.15) is 290 Å². The summed E-state index contributed by atoms with van der Waals surface area (Å²) in [5, 5.41) is 0. The summed E-state index contributed by atoms with van der Waals surface area (Å²) in [6.45, 7) is 7.66. The molecule has 1 unspecified atom stereocenters. The topological polar surface area (TPSA) is 61.8 Å². The third kappa shape index (κ3) is 55.9. The molecule has 0 aliphatic heterocycles. The lowest BCUT2D eigenvalue weighted by Crippen LogP contribution is -2.30. The molecule has 0 aromatic rings. The Balaban J connectivity index is 4.27. The Bertz CT molecular complexity index is 1210. The van der Waals surface area contributed by atoms with Gasteiger partial charge in [0, 0.05) is 19.4 Å². The summed E-state index contributed by atoms with van der Waals surface area (Å²) in [4.78, 5) is 25.5. The zero-order valence-electron chi connectivity index (χ0n) is 45.4. The lowest BCUT2D eigenvalue weighted by Gasteiger charge is -2.18. The van der Waals surface area contributed by atoms with Crippen molar-refractivity contribution in [3.8, 4) is 0 Å². The summed E-state index contributed by atoms with van der Waals surface area (Å²) >= 11 is 0. The largest absolute Gasteiger partial charge is 0.462 e. The van der Waals surface area contributed by atoms with Crippen LogP contribution in [0.3, 0.4) is 0 Å². The van der Waals surface area contributed by atoms with E-state index < -0.39 is 6.10 Å². The molecule has 5 nitrogen and oxygen atoms in total. The smallest absolute Gasteiger partial charge is 0.306 e. The molecule has 0 N–H and O–H groups in total. The molecule has 0 amide bonds. The standard InChI is InChI=1S/C63H112O5/c1-4-7-10-13-16-19-22-25-27-29-31-33-35-37-40-43-46-49-52-55-58-66-59-61(68-63(65)57-54-51-48-45-42-38-24-21-18-15-12-9-6-3)60-67-62(64)56-53-50-47-44-41-39-36-34-32-30-28-26-23-20-17-14-11-8-5-2/h9,12,18,21,25-28,38,42,48,51,61H,4-8,10-11,13-17,19-20,22-24,29-37,39-41,43-47,49-50,52-60H2,1-3H3/b12-9-,21-18-,27-25-,28-26-,42-38-,51-48-. The number of esters is 2. The second-order valence-corrected chi connectivity index (χ2v) is 19.5. The van der Waals surface area contributed by atoms with Crippen LogP contribution in [0.25, 0.3) is 0 Å². The van der Waals surface area contributed by atoms with Crippen molar-refractivity contribution in [2.24, 2.45) is 0 Å². The van der Waals surface area contributed by atoms with Crippen molar-refractivity contribution in [2.75, 3.05) is 19.8 Å². The van der Waals surface area contributed by atoms with Crippen molar-refractivity contribution in [2.45, 2.75) is 297 Å². The van der Waals surface area contributed by atoms with Crippen LogP contribution in [-0.2, 0) is 23.8 Å². The average molecular weight is 950 g/mol. The van der Waals surface area contributed by atoms with Gasteiger partial charge in [-0.3, -0.25) is 9.59 Å². The molecule has 0 saturated carbocycles. The number of hydrogen-bond donors (Lipinski definition) is 0. The minimum atomic E-state index is -0.578. The minimum Gasteiger partial charge on any atom is -0.462 e. The Hall–Kier alpha value is -2.66. The number of hydrogen-bond acceptors (Lipinski definition) is 5. The van der Waals surface area contributed by atoms with Gasteiger partial charge in [-0.25, -0.2) is 0 Å². The summed E-state index contributed by atoms with van der Waals surface area (Å²) in [7, 11) is 0. The van der Waals surface area contributed by atoms with Gasteiger partial charge in [-0.15, -0.1) is 0 Å². The number of carbonyl (C=O) groups excluding carboxylic acids is 2. The highest BCUT2D eigenvalue weighted by Crippen LogP contribution is 2.15. The van der Waals surface area contributed by atoms with Crippen LogP contribution in [-0.4, -0.2) is 37.9 Å². The second kappa shape index (κ2) is 58.7. The van der Waals surface area contributed by atoms with Crippen molar-refractivity contribution < 1.29 is 23.8 Å². The van der Waals surface area contributed by atoms with E-state index in [1.54, 1.807) is 0 Å². The lowest BCUT2D eigenvalue weighted by molar-refractivity contribution is -0.162. The summed E-state index contributed by atoms with van der Waals surface area (Å²) in [5.74, 6) is -0.485. The maximum Gasteiger partial charge on any atom is 0.306 e. The number of allylic oxidation sites excluding steroid dienone is 12. The van der Waals surface area contributed by atoms with Crippen molar-refractivity contribution in [1.29, 1.82) is 0 Å². The van der Waals surface area contributed by atoms with E-state index >= 15 is 0 Å². The predicted molar refractivity (Wildman–Crippen MR) is 297 cm³/mol. The van der Waals surface area contributed by atoms with Crippen LogP contribution >= 0.6 is 0 Å². The first-order valence-corrected chi connectivity index (χ1v) is 29.5. The first kappa shape index (κ1) is 65.3. The van der Waals surface area contributed by atoms with Gasteiger partial charge in [-0.1, -0.05) is 254 Å². The normalized spacial score (nSPS) is 12.7. The van der Waals surface area contributed by atoms with Crippen molar-refractivity contribution in [3.63, 3.8) is 0 Å². The highest BCUT2D eigenvalue weighted by atomic mass is 16.6. The molecule has 0 aliphatic carbocycles. The Kier molecular flexibility index (Phi) is 56.4. The van der Waals surface area contributed by atoms with Gasteiger partial charge in [-0.2, -0.15) is 0 Å². The quantitative estimate of drug-likeness (QED) is 0.0345. The second-order valence-electron chi connectivity index (χ2n) is 19.5. The SMILES string of the molecule is CC/C=C\C/C=C\C/C=C\C/C=C\CCC(=O)OC(COCCCCCCCCCCCC/C=C\CCCCCCCC)COC(=O)CCCCCCCCCCC/C=C\CCCCCCCC. The van der Waals surface area contributed by atoms with Gasteiger partial charge in [0.1, 0.15) is 6.61 Å². The molecule has 0 radical (unpaired) electrons. The maximum absolute atomic E-state index is 12.8. The molecule has 394 valence electrons. The molecular weight excluding hydrogens is 837 g/mol. The van der Waals surface area contributed by atoms with Gasteiger partial charge in [0.05, 0.1) is 6.61 Å². The summed E-state index contributed by atoms with van der Waals surface area (Å²) in [6, 6.07) is 0. The van der Waals surface area contributed by atoms with Crippen LogP contribution in [0.4, 0.5) is 0 Å². The Morgan fingerprint density at radius 2 is 0.691 bits per heavy atom. The minimum absolute atomic E-state index is 0.0550. The third-order valence-electron chi connectivity index (χ3n) is 12.7. The molecule has 0 saturated heterocycles. The van der Waals surface area contributed by atoms with Gasteiger partial charge in [0.25, 0.3) is 0 Å². The van der Waals surface area contributed by atoms with Crippen molar-refractivity contribution in [1.82, 2.24) is 0 Å². The predicted octanol–water partition coefficient (Wildman–Crippen LogP) is 20.2. The zero-order chi connectivity index (χ0) is 49.2. The van der Waals surface area contributed by atoms with E-state index in [9.17, 15) is 9.59 Å². The number of rotatable bonds is 54. The third-order valence-corrected chi connectivity index (χ3v) is 12.7. The molecule has 1 atom stereocenters. The molecular formula is C63H112O5. The van der Waals surface area contributed by atoms with Crippen LogP contribution in [0, 0.1) is 0 Å². The average Bonchev–Trinajstić information content (AvgIpc) is 3.34. The lowest BCUT2D eigenvalue weighted by atomic mass is 10.1. The highest BCUT2D eigenvalue weighted by Gasteiger charge is 2.17. The van der Waals surface area contributed by atoms with Crippen molar-refractivity contribution >= 4 is 11.9 Å². The molecule has 0 heterocycles. The molecule has 0 aliphatic rings.